The van der Waals surface area contributed by atoms with E-state index in [4.69, 9.17) is 11.6 Å². The molecule has 24 heavy (non-hydrogen) atoms. The van der Waals surface area contributed by atoms with E-state index in [1.807, 2.05) is 0 Å². The highest BCUT2D eigenvalue weighted by molar-refractivity contribution is 7.89. The van der Waals surface area contributed by atoms with E-state index in [1.165, 1.54) is 12.4 Å². The van der Waals surface area contributed by atoms with E-state index in [2.05, 4.69) is 9.71 Å². The summed E-state index contributed by atoms with van der Waals surface area (Å²) in [6, 6.07) is 5.09. The Kier molecular flexibility index (Phi) is 5.52. The first-order valence-electron chi connectivity index (χ1n) is 6.83. The highest BCUT2D eigenvalue weighted by Crippen LogP contribution is 2.32. The molecule has 0 amide bonds. The fraction of sp³-hybridized carbons (Fsp3) is 0.267. The predicted molar refractivity (Wildman–Crippen MR) is 84.0 cm³/mol. The molecule has 0 aliphatic carbocycles. The van der Waals surface area contributed by atoms with Gasteiger partial charge in [0.1, 0.15) is 0 Å². The lowest BCUT2D eigenvalue weighted by Gasteiger charge is -2.17. The summed E-state index contributed by atoms with van der Waals surface area (Å²) in [6.45, 7) is 1.62. The molecule has 0 radical (unpaired) electrons. The van der Waals surface area contributed by atoms with Gasteiger partial charge in [-0.2, -0.15) is 13.2 Å². The van der Waals surface area contributed by atoms with E-state index in [0.717, 1.165) is 18.2 Å². The van der Waals surface area contributed by atoms with Gasteiger partial charge in [-0.05, 0) is 48.4 Å². The number of hydrogen-bond donors (Lipinski definition) is 1. The molecule has 2 rings (SSSR count). The molecule has 1 atom stereocenters. The number of hydrogen-bond acceptors (Lipinski definition) is 3. The molecule has 0 bridgehead atoms. The zero-order valence-electron chi connectivity index (χ0n) is 12.5. The number of nitrogens with zero attached hydrogens (tertiary/aromatic N) is 1. The Balaban J connectivity index is 2.35. The van der Waals surface area contributed by atoms with Gasteiger partial charge < -0.3 is 0 Å². The van der Waals surface area contributed by atoms with Crippen LogP contribution in [0.5, 0.6) is 0 Å². The maximum atomic E-state index is 12.7. The normalized spacial score (nSPS) is 13.7. The summed E-state index contributed by atoms with van der Waals surface area (Å²) < 4.78 is 65.7. The number of sulfonamides is 1. The summed E-state index contributed by atoms with van der Waals surface area (Å²) >= 11 is 5.65. The van der Waals surface area contributed by atoms with Crippen molar-refractivity contribution in [2.75, 3.05) is 0 Å². The largest absolute Gasteiger partial charge is 0.416 e. The van der Waals surface area contributed by atoms with E-state index in [0.29, 0.717) is 5.56 Å². The third-order valence-electron chi connectivity index (χ3n) is 3.36. The van der Waals surface area contributed by atoms with Crippen molar-refractivity contribution in [3.05, 3.63) is 59.4 Å². The fourth-order valence-electron chi connectivity index (χ4n) is 2.14. The van der Waals surface area contributed by atoms with Crippen molar-refractivity contribution in [3.8, 4) is 0 Å². The molecule has 130 valence electrons. The van der Waals surface area contributed by atoms with Gasteiger partial charge in [0.05, 0.1) is 10.5 Å². The van der Waals surface area contributed by atoms with Gasteiger partial charge in [0, 0.05) is 24.3 Å². The zero-order valence-corrected chi connectivity index (χ0v) is 14.1. The van der Waals surface area contributed by atoms with Gasteiger partial charge in [-0.15, -0.1) is 11.6 Å². The summed E-state index contributed by atoms with van der Waals surface area (Å²) in [7, 11) is -4.03. The number of nitrogens with one attached hydrogen (secondary N) is 1. The molecule has 0 aliphatic heterocycles. The summed E-state index contributed by atoms with van der Waals surface area (Å²) in [5.41, 5.74) is -0.381. The van der Waals surface area contributed by atoms with E-state index in [1.54, 1.807) is 19.1 Å². The average Bonchev–Trinajstić information content (AvgIpc) is 2.53. The lowest BCUT2D eigenvalue weighted by molar-refractivity contribution is -0.137. The molecule has 1 aromatic carbocycles. The lowest BCUT2D eigenvalue weighted by atomic mass is 10.1. The Hall–Kier alpha value is -1.64. The highest BCUT2D eigenvalue weighted by Gasteiger charge is 2.32. The van der Waals surface area contributed by atoms with Crippen LogP contribution in [-0.2, 0) is 22.1 Å². The van der Waals surface area contributed by atoms with Crippen LogP contribution in [0.3, 0.4) is 0 Å². The van der Waals surface area contributed by atoms with Crippen LogP contribution in [0.2, 0.25) is 0 Å². The molecule has 0 fully saturated rings. The SMILES string of the molecule is CC(NS(=O)(=O)c1ccc(C(F)(F)F)cc1CCl)c1ccncc1. The van der Waals surface area contributed by atoms with E-state index in [9.17, 15) is 21.6 Å². The molecule has 1 unspecified atom stereocenters. The molecule has 1 heterocycles. The van der Waals surface area contributed by atoms with Crippen molar-refractivity contribution in [2.45, 2.75) is 29.9 Å². The van der Waals surface area contributed by atoms with Crippen LogP contribution in [0.25, 0.3) is 0 Å². The first-order valence-corrected chi connectivity index (χ1v) is 8.85. The summed E-state index contributed by atoms with van der Waals surface area (Å²) in [6.07, 6.45) is -1.54. The first kappa shape index (κ1) is 18.7. The molecule has 0 aliphatic rings. The second kappa shape index (κ2) is 7.08. The molecule has 0 saturated carbocycles. The van der Waals surface area contributed by atoms with Crippen molar-refractivity contribution in [1.29, 1.82) is 0 Å². The molecular formula is C15H14ClF3N2O2S. The molecule has 2 aromatic rings. The summed E-state index contributed by atoms with van der Waals surface area (Å²) in [5.74, 6) is -0.357. The molecular weight excluding hydrogens is 365 g/mol. The van der Waals surface area contributed by atoms with Crippen molar-refractivity contribution in [1.82, 2.24) is 9.71 Å². The number of benzene rings is 1. The smallest absolute Gasteiger partial charge is 0.265 e. The molecule has 1 aromatic heterocycles. The topological polar surface area (TPSA) is 59.1 Å². The van der Waals surface area contributed by atoms with Gasteiger partial charge in [-0.25, -0.2) is 13.1 Å². The molecule has 4 nitrogen and oxygen atoms in total. The van der Waals surface area contributed by atoms with Gasteiger partial charge in [-0.3, -0.25) is 4.98 Å². The van der Waals surface area contributed by atoms with Crippen LogP contribution in [0.1, 0.15) is 29.7 Å². The van der Waals surface area contributed by atoms with Gasteiger partial charge in [0.2, 0.25) is 10.0 Å². The first-order chi connectivity index (χ1) is 11.1. The van der Waals surface area contributed by atoms with Crippen molar-refractivity contribution in [3.63, 3.8) is 0 Å². The maximum absolute atomic E-state index is 12.7. The van der Waals surface area contributed by atoms with Gasteiger partial charge in [0.15, 0.2) is 0 Å². The minimum absolute atomic E-state index is 0.110. The fourth-order valence-corrected chi connectivity index (χ4v) is 3.89. The Labute approximate surface area is 142 Å². The van der Waals surface area contributed by atoms with E-state index in [-0.39, 0.29) is 16.3 Å². The Morgan fingerprint density at radius 3 is 2.38 bits per heavy atom. The van der Waals surface area contributed by atoms with Crippen molar-refractivity contribution < 1.29 is 21.6 Å². The Morgan fingerprint density at radius 2 is 1.83 bits per heavy atom. The van der Waals surface area contributed by atoms with Gasteiger partial charge in [0.25, 0.3) is 0 Å². The molecule has 9 heteroatoms. The number of aromatic nitrogens is 1. The van der Waals surface area contributed by atoms with Gasteiger partial charge in [-0.1, -0.05) is 0 Å². The van der Waals surface area contributed by atoms with Crippen LogP contribution in [-0.4, -0.2) is 13.4 Å². The Morgan fingerprint density at radius 1 is 1.21 bits per heavy atom. The van der Waals surface area contributed by atoms with Crippen molar-refractivity contribution in [2.24, 2.45) is 0 Å². The molecule has 1 N–H and O–H groups in total. The zero-order chi connectivity index (χ0) is 18.0. The number of rotatable bonds is 5. The second-order valence-electron chi connectivity index (χ2n) is 5.08. The maximum Gasteiger partial charge on any atom is 0.416 e. The number of halogens is 4. The standard InChI is InChI=1S/C15H14ClF3N2O2S/c1-10(11-4-6-20-7-5-11)21-24(22,23)14-3-2-13(15(17,18)19)8-12(14)9-16/h2-8,10,21H,9H2,1H3. The van der Waals surface area contributed by atoms with E-state index < -0.39 is 27.8 Å². The predicted octanol–water partition coefficient (Wildman–Crippen LogP) is 3.88. The molecule has 0 saturated heterocycles. The van der Waals surface area contributed by atoms with Crippen LogP contribution >= 0.6 is 11.6 Å². The Bertz CT molecular complexity index is 811. The van der Waals surface area contributed by atoms with Crippen LogP contribution in [0.4, 0.5) is 13.2 Å². The molecule has 0 spiro atoms. The number of pyridine rings is 1. The average molecular weight is 379 g/mol. The second-order valence-corrected chi connectivity index (χ2v) is 7.03. The highest BCUT2D eigenvalue weighted by atomic mass is 35.5. The van der Waals surface area contributed by atoms with Crippen LogP contribution in [0.15, 0.2) is 47.6 Å². The lowest BCUT2D eigenvalue weighted by Crippen LogP contribution is -2.28. The van der Waals surface area contributed by atoms with Crippen molar-refractivity contribution >= 4 is 21.6 Å². The van der Waals surface area contributed by atoms with Crippen LogP contribution in [0, 0.1) is 0 Å². The third-order valence-corrected chi connectivity index (χ3v) is 5.29. The number of alkyl halides is 4. The third kappa shape index (κ3) is 4.25. The van der Waals surface area contributed by atoms with Gasteiger partial charge >= 0.3 is 6.18 Å². The summed E-state index contributed by atoms with van der Waals surface area (Å²) in [5, 5.41) is 0. The monoisotopic (exact) mass is 378 g/mol. The minimum atomic E-state index is -4.57. The minimum Gasteiger partial charge on any atom is -0.265 e. The van der Waals surface area contributed by atoms with E-state index >= 15 is 0 Å². The quantitative estimate of drug-likeness (QED) is 0.803. The summed E-state index contributed by atoms with van der Waals surface area (Å²) in [4.78, 5) is 3.57. The van der Waals surface area contributed by atoms with Crippen LogP contribution < -0.4 is 4.72 Å².